The third-order valence-electron chi connectivity index (χ3n) is 4.00. The molecule has 0 rings (SSSR count). The zero-order valence-corrected chi connectivity index (χ0v) is 16.4. The molecule has 0 heterocycles. The Labute approximate surface area is 91.7 Å². The molecular weight excluding hydrogens is 237 g/mol. The molecule has 0 fully saturated rings. The van der Waals surface area contributed by atoms with Gasteiger partial charge in [0.1, 0.15) is 0 Å². The van der Waals surface area contributed by atoms with E-state index in [1.165, 1.54) is 0 Å². The first kappa shape index (κ1) is 14.1. The van der Waals surface area contributed by atoms with Crippen LogP contribution in [0.1, 0.15) is 0 Å². The molecule has 0 saturated carbocycles. The SMILES string of the molecule is C[SiH](C)[Si]([SiH](C)C)([SiH](C)C)[SiH](C)C. The smallest absolute Gasteiger partial charge is 0.0204 e. The molecule has 0 amide bonds. The highest BCUT2D eigenvalue weighted by atomic mass is 30.1. The molecule has 0 aromatic carbocycles. The van der Waals surface area contributed by atoms with Crippen molar-refractivity contribution in [1.82, 2.24) is 0 Å². The third kappa shape index (κ3) is 2.55. The molecule has 0 atom stereocenters. The van der Waals surface area contributed by atoms with E-state index in [2.05, 4.69) is 52.4 Å². The van der Waals surface area contributed by atoms with Crippen molar-refractivity contribution in [2.24, 2.45) is 0 Å². The average Bonchev–Trinajstić information content (AvgIpc) is 1.82. The minimum Gasteiger partial charge on any atom is -0.0747 e. The highest BCUT2D eigenvalue weighted by Crippen LogP contribution is 2.20. The van der Waals surface area contributed by atoms with E-state index in [0.717, 1.165) is 0 Å². The summed E-state index contributed by atoms with van der Waals surface area (Å²) >= 11 is 0. The van der Waals surface area contributed by atoms with Crippen LogP contribution < -0.4 is 0 Å². The van der Waals surface area contributed by atoms with E-state index < -0.39 is 6.14 Å². The van der Waals surface area contributed by atoms with Crippen LogP contribution in [-0.4, -0.2) is 39.4 Å². The maximum atomic E-state index is 2.68. The second kappa shape index (κ2) is 5.25. The summed E-state index contributed by atoms with van der Waals surface area (Å²) in [6, 6.07) is 0. The van der Waals surface area contributed by atoms with Crippen molar-refractivity contribution >= 4 is 39.4 Å². The molecule has 0 aliphatic carbocycles. The lowest BCUT2D eigenvalue weighted by Crippen LogP contribution is -2.75. The fourth-order valence-electron chi connectivity index (χ4n) is 4.00. The van der Waals surface area contributed by atoms with Gasteiger partial charge in [-0.15, -0.1) is 0 Å². The summed E-state index contributed by atoms with van der Waals surface area (Å²) in [6.07, 6.45) is -0.549. The first-order chi connectivity index (χ1) is 5.77. The maximum absolute atomic E-state index is 2.68. The molecule has 5 heteroatoms. The van der Waals surface area contributed by atoms with Crippen LogP contribution in [0.25, 0.3) is 0 Å². The van der Waals surface area contributed by atoms with E-state index in [4.69, 9.17) is 0 Å². The number of rotatable bonds is 4. The third-order valence-corrected chi connectivity index (χ3v) is 108. The Kier molecular flexibility index (Phi) is 5.68. The number of hydrogen-bond acceptors (Lipinski definition) is 0. The van der Waals surface area contributed by atoms with E-state index in [1.54, 1.807) is 0 Å². The summed E-state index contributed by atoms with van der Waals surface area (Å²) < 4.78 is 0. The molecule has 0 bridgehead atoms. The Bertz CT molecular complexity index is 115. The normalized spacial score (nSPS) is 13.8. The minimum absolute atomic E-state index is 0.271. The summed E-state index contributed by atoms with van der Waals surface area (Å²) in [6.45, 7) is 21.4. The lowest BCUT2D eigenvalue weighted by molar-refractivity contribution is 1.97. The molecule has 0 aromatic rings. The predicted octanol–water partition coefficient (Wildman–Crippen LogP) is 1.70. The van der Waals surface area contributed by atoms with Gasteiger partial charge in [0.05, 0.1) is 0 Å². The predicted molar refractivity (Wildman–Crippen MR) is 81.3 cm³/mol. The molecule has 0 aliphatic heterocycles. The van der Waals surface area contributed by atoms with Gasteiger partial charge >= 0.3 is 0 Å². The van der Waals surface area contributed by atoms with Crippen LogP contribution in [-0.2, 0) is 0 Å². The van der Waals surface area contributed by atoms with Gasteiger partial charge < -0.3 is 0 Å². The summed E-state index contributed by atoms with van der Waals surface area (Å²) in [5, 5.41) is 0. The van der Waals surface area contributed by atoms with Gasteiger partial charge in [-0.05, 0) is 0 Å². The highest BCUT2D eigenvalue weighted by Gasteiger charge is 2.46. The first-order valence-electron chi connectivity index (χ1n) is 5.77. The zero-order chi connectivity index (χ0) is 10.8. The number of hydrogen-bond donors (Lipinski definition) is 0. The van der Waals surface area contributed by atoms with Crippen LogP contribution in [0.3, 0.4) is 0 Å². The molecule has 0 aromatic heterocycles. The molecule has 13 heavy (non-hydrogen) atoms. The van der Waals surface area contributed by atoms with Gasteiger partial charge in [0.15, 0.2) is 0 Å². The van der Waals surface area contributed by atoms with Crippen molar-refractivity contribution in [2.45, 2.75) is 52.4 Å². The van der Waals surface area contributed by atoms with Crippen molar-refractivity contribution in [3.8, 4) is 0 Å². The second-order valence-corrected chi connectivity index (χ2v) is 54.7. The van der Waals surface area contributed by atoms with Crippen molar-refractivity contribution in [2.75, 3.05) is 0 Å². The van der Waals surface area contributed by atoms with Gasteiger partial charge in [-0.2, -0.15) is 0 Å². The molecular formula is C8H28Si5. The van der Waals surface area contributed by atoms with Gasteiger partial charge in [0.2, 0.25) is 0 Å². The van der Waals surface area contributed by atoms with Crippen molar-refractivity contribution in [3.05, 3.63) is 0 Å². The zero-order valence-electron chi connectivity index (χ0n) is 10.8. The standard InChI is InChI=1S/C8H28Si5/c1-9(2)13(10(3)4,11(5)6)12(7)8/h9-12H,1-8H3. The summed E-state index contributed by atoms with van der Waals surface area (Å²) in [5.41, 5.74) is 0. The Morgan fingerprint density at radius 3 is 0.615 bits per heavy atom. The van der Waals surface area contributed by atoms with Gasteiger partial charge in [0, 0.05) is 39.4 Å². The van der Waals surface area contributed by atoms with E-state index >= 15 is 0 Å². The molecule has 0 aliphatic rings. The van der Waals surface area contributed by atoms with Gasteiger partial charge in [-0.1, -0.05) is 52.4 Å². The topological polar surface area (TPSA) is 0 Å². The molecule has 80 valence electrons. The van der Waals surface area contributed by atoms with Crippen molar-refractivity contribution in [3.63, 3.8) is 0 Å². The molecule has 0 radical (unpaired) electrons. The maximum Gasteiger partial charge on any atom is 0.0204 e. The molecule has 0 unspecified atom stereocenters. The van der Waals surface area contributed by atoms with Gasteiger partial charge in [0.25, 0.3) is 0 Å². The van der Waals surface area contributed by atoms with E-state index in [-0.39, 0.29) is 33.3 Å². The van der Waals surface area contributed by atoms with Gasteiger partial charge in [-0.3, -0.25) is 0 Å². The van der Waals surface area contributed by atoms with Crippen LogP contribution in [0.4, 0.5) is 0 Å². The van der Waals surface area contributed by atoms with Crippen LogP contribution in [0.5, 0.6) is 0 Å². The monoisotopic (exact) mass is 264 g/mol. The Morgan fingerprint density at radius 2 is 0.615 bits per heavy atom. The second-order valence-electron chi connectivity index (χ2n) is 5.62. The average molecular weight is 265 g/mol. The van der Waals surface area contributed by atoms with E-state index in [9.17, 15) is 0 Å². The Morgan fingerprint density at radius 1 is 0.462 bits per heavy atom. The molecule has 0 spiro atoms. The molecule has 0 N–H and O–H groups in total. The van der Waals surface area contributed by atoms with E-state index in [1.807, 2.05) is 0 Å². The van der Waals surface area contributed by atoms with Crippen LogP contribution in [0.15, 0.2) is 0 Å². The van der Waals surface area contributed by atoms with Crippen molar-refractivity contribution < 1.29 is 0 Å². The van der Waals surface area contributed by atoms with Crippen molar-refractivity contribution in [1.29, 1.82) is 0 Å². The van der Waals surface area contributed by atoms with E-state index in [0.29, 0.717) is 0 Å². The lowest BCUT2D eigenvalue weighted by Gasteiger charge is -2.45. The highest BCUT2D eigenvalue weighted by molar-refractivity contribution is 7.96. The van der Waals surface area contributed by atoms with Crippen LogP contribution in [0.2, 0.25) is 52.4 Å². The largest absolute Gasteiger partial charge is 0.0747 e. The summed E-state index contributed by atoms with van der Waals surface area (Å²) in [4.78, 5) is 0. The quantitative estimate of drug-likeness (QED) is 0.678. The van der Waals surface area contributed by atoms with Gasteiger partial charge in [-0.25, -0.2) is 0 Å². The fourth-order valence-corrected chi connectivity index (χ4v) is 108. The minimum atomic E-state index is -0.549. The van der Waals surface area contributed by atoms with Crippen LogP contribution in [0, 0.1) is 0 Å². The Hall–Kier alpha value is 1.08. The molecule has 0 nitrogen and oxygen atoms in total. The summed E-state index contributed by atoms with van der Waals surface area (Å²) in [5.74, 6) is 0. The fraction of sp³-hybridized carbons (Fsp3) is 1.00. The summed E-state index contributed by atoms with van der Waals surface area (Å²) in [7, 11) is -1.08. The lowest BCUT2D eigenvalue weighted by atomic mass is 11.9. The first-order valence-corrected chi connectivity index (χ1v) is 24.2. The Balaban J connectivity index is 5.06. The van der Waals surface area contributed by atoms with Crippen LogP contribution >= 0.6 is 0 Å². The molecule has 0 saturated heterocycles.